The summed E-state index contributed by atoms with van der Waals surface area (Å²) in [7, 11) is 0. The van der Waals surface area contributed by atoms with Gasteiger partial charge in [-0.2, -0.15) is 0 Å². The minimum Gasteiger partial charge on any atom is -0.492 e. The van der Waals surface area contributed by atoms with Crippen molar-refractivity contribution in [2.45, 2.75) is 44.2 Å². The molecule has 2 saturated heterocycles. The van der Waals surface area contributed by atoms with Crippen LogP contribution in [0.4, 0.5) is 0 Å². The Bertz CT molecular complexity index is 511. The molecule has 2 unspecified atom stereocenters. The first-order valence-electron chi connectivity index (χ1n) is 8.10. The van der Waals surface area contributed by atoms with E-state index in [1.807, 2.05) is 18.2 Å². The lowest BCUT2D eigenvalue weighted by atomic mass is 9.89. The molecule has 4 nitrogen and oxygen atoms in total. The van der Waals surface area contributed by atoms with Gasteiger partial charge in [0.05, 0.1) is 6.54 Å². The Balaban J connectivity index is 1.33. The van der Waals surface area contributed by atoms with Gasteiger partial charge in [0.25, 0.3) is 0 Å². The number of nitrogens with one attached hydrogen (secondary N) is 2. The van der Waals surface area contributed by atoms with Gasteiger partial charge in [0.2, 0.25) is 5.91 Å². The summed E-state index contributed by atoms with van der Waals surface area (Å²) in [4.78, 5) is 12.0. The van der Waals surface area contributed by atoms with Crippen molar-refractivity contribution in [1.82, 2.24) is 10.6 Å². The lowest BCUT2D eigenvalue weighted by Gasteiger charge is -2.28. The predicted octanol–water partition coefficient (Wildman–Crippen LogP) is 2.76. The molecular weight excluding hydrogens is 300 g/mol. The Morgan fingerprint density at radius 2 is 2.09 bits per heavy atom. The van der Waals surface area contributed by atoms with Gasteiger partial charge < -0.3 is 15.4 Å². The van der Waals surface area contributed by atoms with Crippen molar-refractivity contribution in [3.8, 4) is 5.75 Å². The molecule has 2 heterocycles. The summed E-state index contributed by atoms with van der Waals surface area (Å²) in [5.74, 6) is 1.41. The number of halogens is 1. The highest BCUT2D eigenvalue weighted by Crippen LogP contribution is 2.32. The number of piperidine rings is 1. The van der Waals surface area contributed by atoms with E-state index in [4.69, 9.17) is 16.3 Å². The van der Waals surface area contributed by atoms with Crippen LogP contribution >= 0.6 is 11.6 Å². The van der Waals surface area contributed by atoms with Crippen molar-refractivity contribution in [1.29, 1.82) is 0 Å². The Morgan fingerprint density at radius 3 is 2.82 bits per heavy atom. The lowest BCUT2D eigenvalue weighted by molar-refractivity contribution is -0.122. The third-order valence-corrected chi connectivity index (χ3v) is 4.77. The molecule has 2 N–H and O–H groups in total. The van der Waals surface area contributed by atoms with Crippen molar-refractivity contribution in [3.05, 3.63) is 29.3 Å². The maximum atomic E-state index is 12.0. The van der Waals surface area contributed by atoms with Crippen molar-refractivity contribution >= 4 is 17.5 Å². The molecule has 1 aromatic carbocycles. The number of benzene rings is 1. The second kappa shape index (κ2) is 7.34. The van der Waals surface area contributed by atoms with Crippen LogP contribution in [-0.2, 0) is 4.79 Å². The summed E-state index contributed by atoms with van der Waals surface area (Å²) in [6, 6.07) is 8.57. The van der Waals surface area contributed by atoms with Gasteiger partial charge in [0, 0.05) is 23.5 Å². The van der Waals surface area contributed by atoms with Gasteiger partial charge in [-0.25, -0.2) is 0 Å². The number of rotatable bonds is 6. The molecule has 3 rings (SSSR count). The maximum absolute atomic E-state index is 12.0. The minimum absolute atomic E-state index is 0.140. The summed E-state index contributed by atoms with van der Waals surface area (Å²) in [5, 5.41) is 7.21. The molecule has 0 spiro atoms. The summed E-state index contributed by atoms with van der Waals surface area (Å²) in [6.45, 7) is 0.993. The minimum atomic E-state index is 0.140. The van der Waals surface area contributed by atoms with E-state index >= 15 is 0 Å². The molecule has 2 aliphatic heterocycles. The normalized spacial score (nSPS) is 26.7. The van der Waals surface area contributed by atoms with Crippen LogP contribution in [-0.4, -0.2) is 31.1 Å². The van der Waals surface area contributed by atoms with E-state index in [0.717, 1.165) is 18.6 Å². The second-order valence-electron chi connectivity index (χ2n) is 6.34. The highest BCUT2D eigenvalue weighted by molar-refractivity contribution is 6.30. The second-order valence-corrected chi connectivity index (χ2v) is 6.77. The first-order valence-corrected chi connectivity index (χ1v) is 8.48. The molecule has 1 amide bonds. The van der Waals surface area contributed by atoms with Gasteiger partial charge in [-0.1, -0.05) is 17.7 Å². The fourth-order valence-electron chi connectivity index (χ4n) is 3.59. The summed E-state index contributed by atoms with van der Waals surface area (Å²) in [5.41, 5.74) is 0. The fraction of sp³-hybridized carbons (Fsp3) is 0.588. The molecule has 2 bridgehead atoms. The lowest BCUT2D eigenvalue weighted by Crippen LogP contribution is -2.40. The van der Waals surface area contributed by atoms with Crippen molar-refractivity contribution in [3.63, 3.8) is 0 Å². The molecule has 2 atom stereocenters. The zero-order chi connectivity index (χ0) is 15.4. The zero-order valence-corrected chi connectivity index (χ0v) is 13.4. The SMILES string of the molecule is O=C(CC1CC2CCC(C1)N2)NCCOc1cccc(Cl)c1. The molecule has 2 fully saturated rings. The molecule has 22 heavy (non-hydrogen) atoms. The standard InChI is InChI=1S/C17H23ClN2O2/c18-13-2-1-3-16(11-13)22-7-6-19-17(21)10-12-8-14-4-5-15(9-12)20-14/h1-3,11-12,14-15,20H,4-10H2,(H,19,21). The molecule has 0 saturated carbocycles. The molecule has 0 radical (unpaired) electrons. The number of carbonyl (C=O) groups is 1. The summed E-state index contributed by atoms with van der Waals surface area (Å²) in [6.07, 6.45) is 5.48. The van der Waals surface area contributed by atoms with Crippen molar-refractivity contribution in [2.75, 3.05) is 13.2 Å². The van der Waals surface area contributed by atoms with E-state index in [0.29, 0.717) is 42.6 Å². The number of carbonyl (C=O) groups excluding carboxylic acids is 1. The van der Waals surface area contributed by atoms with Gasteiger partial charge in [-0.15, -0.1) is 0 Å². The van der Waals surface area contributed by atoms with Crippen molar-refractivity contribution < 1.29 is 9.53 Å². The van der Waals surface area contributed by atoms with E-state index in [1.54, 1.807) is 6.07 Å². The van der Waals surface area contributed by atoms with Crippen molar-refractivity contribution in [2.24, 2.45) is 5.92 Å². The van der Waals surface area contributed by atoms with Gasteiger partial charge in [0.15, 0.2) is 0 Å². The Hall–Kier alpha value is -1.26. The quantitative estimate of drug-likeness (QED) is 0.792. The van der Waals surface area contributed by atoms with E-state index < -0.39 is 0 Å². The topological polar surface area (TPSA) is 50.4 Å². The monoisotopic (exact) mass is 322 g/mol. The molecule has 1 aromatic rings. The molecule has 5 heteroatoms. The van der Waals surface area contributed by atoms with Crippen LogP contribution in [0.2, 0.25) is 5.02 Å². The van der Waals surface area contributed by atoms with Crippen LogP contribution < -0.4 is 15.4 Å². The summed E-state index contributed by atoms with van der Waals surface area (Å²) < 4.78 is 5.56. The number of hydrogen-bond donors (Lipinski definition) is 2. The average molecular weight is 323 g/mol. The van der Waals surface area contributed by atoms with Gasteiger partial charge in [-0.05, 0) is 49.8 Å². The van der Waals surface area contributed by atoms with Crippen LogP contribution in [0.5, 0.6) is 5.75 Å². The number of amides is 1. The number of hydrogen-bond acceptors (Lipinski definition) is 3. The average Bonchev–Trinajstić information content (AvgIpc) is 2.83. The third kappa shape index (κ3) is 4.37. The molecule has 2 aliphatic rings. The van der Waals surface area contributed by atoms with Crippen LogP contribution in [0.25, 0.3) is 0 Å². The maximum Gasteiger partial charge on any atom is 0.220 e. The van der Waals surface area contributed by atoms with Gasteiger partial charge in [0.1, 0.15) is 12.4 Å². The van der Waals surface area contributed by atoms with Crippen LogP contribution in [0, 0.1) is 5.92 Å². The molecule has 120 valence electrons. The highest BCUT2D eigenvalue weighted by atomic mass is 35.5. The third-order valence-electron chi connectivity index (χ3n) is 4.53. The Morgan fingerprint density at radius 1 is 1.32 bits per heavy atom. The Labute approximate surface area is 136 Å². The van der Waals surface area contributed by atoms with Crippen LogP contribution in [0.3, 0.4) is 0 Å². The van der Waals surface area contributed by atoms with Crippen LogP contribution in [0.15, 0.2) is 24.3 Å². The highest BCUT2D eigenvalue weighted by Gasteiger charge is 2.33. The molecular formula is C17H23ClN2O2. The van der Waals surface area contributed by atoms with E-state index in [9.17, 15) is 4.79 Å². The smallest absolute Gasteiger partial charge is 0.220 e. The van der Waals surface area contributed by atoms with E-state index in [-0.39, 0.29) is 5.91 Å². The molecule has 0 aliphatic carbocycles. The fourth-order valence-corrected chi connectivity index (χ4v) is 3.77. The summed E-state index contributed by atoms with van der Waals surface area (Å²) >= 11 is 5.89. The van der Waals surface area contributed by atoms with E-state index in [1.165, 1.54) is 12.8 Å². The predicted molar refractivity (Wildman–Crippen MR) is 87.2 cm³/mol. The van der Waals surface area contributed by atoms with E-state index in [2.05, 4.69) is 10.6 Å². The van der Waals surface area contributed by atoms with Gasteiger partial charge >= 0.3 is 0 Å². The number of ether oxygens (including phenoxy) is 1. The number of fused-ring (bicyclic) bond motifs is 2. The zero-order valence-electron chi connectivity index (χ0n) is 12.7. The largest absolute Gasteiger partial charge is 0.492 e. The Kier molecular flexibility index (Phi) is 5.21. The van der Waals surface area contributed by atoms with Gasteiger partial charge in [-0.3, -0.25) is 4.79 Å². The molecule has 0 aromatic heterocycles. The first-order chi connectivity index (χ1) is 10.7. The first kappa shape index (κ1) is 15.6. The van der Waals surface area contributed by atoms with Crippen LogP contribution in [0.1, 0.15) is 32.1 Å².